The van der Waals surface area contributed by atoms with Crippen LogP contribution >= 0.6 is 0 Å². The SMILES string of the molecule is Cc1c(CNC(=O)NC2CCC(=O)N(C)C2)oc2ccc(F)cc12. The van der Waals surface area contributed by atoms with E-state index in [4.69, 9.17) is 4.42 Å². The van der Waals surface area contributed by atoms with Crippen LogP contribution in [-0.2, 0) is 11.3 Å². The fourth-order valence-electron chi connectivity index (χ4n) is 2.94. The van der Waals surface area contributed by atoms with Crippen molar-refractivity contribution in [3.63, 3.8) is 0 Å². The highest BCUT2D eigenvalue weighted by atomic mass is 19.1. The summed E-state index contributed by atoms with van der Waals surface area (Å²) in [6.07, 6.45) is 1.08. The molecule has 1 aliphatic rings. The number of rotatable bonds is 3. The lowest BCUT2D eigenvalue weighted by atomic mass is 10.1. The Hall–Kier alpha value is -2.57. The zero-order valence-electron chi connectivity index (χ0n) is 13.7. The molecule has 0 spiro atoms. The van der Waals surface area contributed by atoms with E-state index >= 15 is 0 Å². The molecule has 24 heavy (non-hydrogen) atoms. The molecule has 1 aliphatic heterocycles. The number of carbonyl (C=O) groups is 2. The minimum Gasteiger partial charge on any atom is -0.459 e. The molecule has 0 aliphatic carbocycles. The van der Waals surface area contributed by atoms with Gasteiger partial charge in [0.15, 0.2) is 0 Å². The lowest BCUT2D eigenvalue weighted by Gasteiger charge is -2.30. The predicted molar refractivity (Wildman–Crippen MR) is 86.9 cm³/mol. The summed E-state index contributed by atoms with van der Waals surface area (Å²) in [4.78, 5) is 25.1. The number of hydrogen-bond donors (Lipinski definition) is 2. The first-order valence-electron chi connectivity index (χ1n) is 7.90. The smallest absolute Gasteiger partial charge is 0.315 e. The standard InChI is InChI=1S/C17H20FN3O3/c1-10-13-7-11(18)3-5-14(13)24-15(10)8-19-17(23)20-12-4-6-16(22)21(2)9-12/h3,5,7,12H,4,6,8-9H2,1-2H3,(H2,19,20,23). The van der Waals surface area contributed by atoms with Gasteiger partial charge in [-0.25, -0.2) is 9.18 Å². The second-order valence-electron chi connectivity index (χ2n) is 6.13. The van der Waals surface area contributed by atoms with Crippen molar-refractivity contribution >= 4 is 22.9 Å². The highest BCUT2D eigenvalue weighted by Crippen LogP contribution is 2.25. The molecule has 1 saturated heterocycles. The Labute approximate surface area is 139 Å². The van der Waals surface area contributed by atoms with Crippen LogP contribution in [0.25, 0.3) is 11.0 Å². The first-order chi connectivity index (χ1) is 11.4. The summed E-state index contributed by atoms with van der Waals surface area (Å²) in [6.45, 7) is 2.56. The fraction of sp³-hybridized carbons (Fsp3) is 0.412. The second-order valence-corrected chi connectivity index (χ2v) is 6.13. The number of furan rings is 1. The number of halogens is 1. The number of likely N-dealkylation sites (N-methyl/N-ethyl adjacent to an activating group) is 1. The molecule has 3 amide bonds. The number of piperidine rings is 1. The Morgan fingerprint density at radius 1 is 1.46 bits per heavy atom. The van der Waals surface area contributed by atoms with Crippen molar-refractivity contribution in [2.24, 2.45) is 0 Å². The quantitative estimate of drug-likeness (QED) is 0.905. The van der Waals surface area contributed by atoms with E-state index in [1.54, 1.807) is 18.0 Å². The number of aryl methyl sites for hydroxylation is 1. The first-order valence-corrected chi connectivity index (χ1v) is 7.90. The summed E-state index contributed by atoms with van der Waals surface area (Å²) in [5.74, 6) is 0.375. The number of nitrogens with zero attached hydrogens (tertiary/aromatic N) is 1. The number of urea groups is 1. The van der Waals surface area contributed by atoms with Gasteiger partial charge >= 0.3 is 6.03 Å². The van der Waals surface area contributed by atoms with E-state index in [2.05, 4.69) is 10.6 Å². The van der Waals surface area contributed by atoms with E-state index in [1.165, 1.54) is 12.1 Å². The Balaban J connectivity index is 1.58. The average Bonchev–Trinajstić information content (AvgIpc) is 2.85. The molecule has 1 atom stereocenters. The molecule has 0 bridgehead atoms. The first kappa shape index (κ1) is 16.3. The van der Waals surface area contributed by atoms with Crippen LogP contribution in [0, 0.1) is 12.7 Å². The molecule has 1 aromatic heterocycles. The van der Waals surface area contributed by atoms with Crippen molar-refractivity contribution in [3.8, 4) is 0 Å². The summed E-state index contributed by atoms with van der Waals surface area (Å²) in [5.41, 5.74) is 1.41. The summed E-state index contributed by atoms with van der Waals surface area (Å²) < 4.78 is 19.0. The normalized spacial score (nSPS) is 18.0. The molecule has 2 N–H and O–H groups in total. The van der Waals surface area contributed by atoms with Gasteiger partial charge in [0.1, 0.15) is 17.2 Å². The molecule has 1 fully saturated rings. The van der Waals surface area contributed by atoms with Crippen LogP contribution in [0.5, 0.6) is 0 Å². The highest BCUT2D eigenvalue weighted by molar-refractivity contribution is 5.82. The molecule has 6 nitrogen and oxygen atoms in total. The van der Waals surface area contributed by atoms with Crippen LogP contribution in [0.2, 0.25) is 0 Å². The van der Waals surface area contributed by atoms with E-state index in [-0.39, 0.29) is 30.3 Å². The van der Waals surface area contributed by atoms with Gasteiger partial charge in [0.25, 0.3) is 0 Å². The largest absolute Gasteiger partial charge is 0.459 e. The molecule has 1 aromatic carbocycles. The van der Waals surface area contributed by atoms with Gasteiger partial charge in [-0.3, -0.25) is 4.79 Å². The molecule has 128 valence electrons. The number of carbonyl (C=O) groups excluding carboxylic acids is 2. The van der Waals surface area contributed by atoms with E-state index < -0.39 is 0 Å². The average molecular weight is 333 g/mol. The van der Waals surface area contributed by atoms with Crippen LogP contribution in [0.3, 0.4) is 0 Å². The van der Waals surface area contributed by atoms with Crippen LogP contribution in [0.4, 0.5) is 9.18 Å². The Bertz CT molecular complexity index is 787. The number of amides is 3. The molecule has 0 saturated carbocycles. The minimum absolute atomic E-state index is 0.0569. The minimum atomic E-state index is -0.320. The number of benzene rings is 1. The van der Waals surface area contributed by atoms with Crippen molar-refractivity contribution < 1.29 is 18.4 Å². The lowest BCUT2D eigenvalue weighted by Crippen LogP contribution is -2.50. The molecule has 7 heteroatoms. The summed E-state index contributed by atoms with van der Waals surface area (Å²) in [5, 5.41) is 6.31. The molecular weight excluding hydrogens is 313 g/mol. The van der Waals surface area contributed by atoms with Gasteiger partial charge in [-0.2, -0.15) is 0 Å². The summed E-state index contributed by atoms with van der Waals surface area (Å²) in [7, 11) is 1.73. The van der Waals surface area contributed by atoms with E-state index in [1.807, 2.05) is 6.92 Å². The Morgan fingerprint density at radius 3 is 3.00 bits per heavy atom. The zero-order valence-corrected chi connectivity index (χ0v) is 13.7. The maximum atomic E-state index is 13.3. The van der Waals surface area contributed by atoms with Gasteiger partial charge in [0.2, 0.25) is 5.91 Å². The number of nitrogens with one attached hydrogen (secondary N) is 2. The van der Waals surface area contributed by atoms with Gasteiger partial charge in [0.05, 0.1) is 6.54 Å². The van der Waals surface area contributed by atoms with Gasteiger partial charge < -0.3 is 20.0 Å². The molecule has 3 rings (SSSR count). The van der Waals surface area contributed by atoms with E-state index in [0.717, 1.165) is 5.56 Å². The van der Waals surface area contributed by atoms with Gasteiger partial charge in [-0.05, 0) is 31.5 Å². The molecule has 0 radical (unpaired) electrons. The predicted octanol–water partition coefficient (Wildman–Crippen LogP) is 2.30. The third kappa shape index (κ3) is 3.34. The van der Waals surface area contributed by atoms with Crippen molar-refractivity contribution in [2.75, 3.05) is 13.6 Å². The van der Waals surface area contributed by atoms with Crippen molar-refractivity contribution in [3.05, 3.63) is 35.3 Å². The third-order valence-corrected chi connectivity index (χ3v) is 4.37. The van der Waals surface area contributed by atoms with Crippen LogP contribution in [0.15, 0.2) is 22.6 Å². The van der Waals surface area contributed by atoms with Crippen molar-refractivity contribution in [2.45, 2.75) is 32.4 Å². The highest BCUT2D eigenvalue weighted by Gasteiger charge is 2.24. The van der Waals surface area contributed by atoms with Crippen LogP contribution < -0.4 is 10.6 Å². The Kier molecular flexibility index (Phi) is 4.42. The molecule has 2 aromatic rings. The topological polar surface area (TPSA) is 74.6 Å². The monoisotopic (exact) mass is 333 g/mol. The molecular formula is C17H20FN3O3. The fourth-order valence-corrected chi connectivity index (χ4v) is 2.94. The Morgan fingerprint density at radius 2 is 2.25 bits per heavy atom. The van der Waals surface area contributed by atoms with Crippen molar-refractivity contribution in [1.29, 1.82) is 0 Å². The van der Waals surface area contributed by atoms with Crippen LogP contribution in [-0.4, -0.2) is 36.5 Å². The van der Waals surface area contributed by atoms with Gasteiger partial charge in [-0.15, -0.1) is 0 Å². The maximum Gasteiger partial charge on any atom is 0.315 e. The lowest BCUT2D eigenvalue weighted by molar-refractivity contribution is -0.132. The van der Waals surface area contributed by atoms with Crippen molar-refractivity contribution in [1.82, 2.24) is 15.5 Å². The number of fused-ring (bicyclic) bond motifs is 1. The number of likely N-dealkylation sites (tertiary alicyclic amines) is 1. The molecule has 1 unspecified atom stereocenters. The van der Waals surface area contributed by atoms with Gasteiger partial charge in [0, 0.05) is 37.0 Å². The second kappa shape index (κ2) is 6.51. The number of hydrogen-bond acceptors (Lipinski definition) is 3. The summed E-state index contributed by atoms with van der Waals surface area (Å²) >= 11 is 0. The summed E-state index contributed by atoms with van der Waals surface area (Å²) in [6, 6.07) is 3.98. The van der Waals surface area contributed by atoms with Crippen LogP contribution in [0.1, 0.15) is 24.2 Å². The van der Waals surface area contributed by atoms with E-state index in [0.29, 0.717) is 36.1 Å². The maximum absolute atomic E-state index is 13.3. The zero-order chi connectivity index (χ0) is 17.3. The third-order valence-electron chi connectivity index (χ3n) is 4.37. The van der Waals surface area contributed by atoms with E-state index in [9.17, 15) is 14.0 Å². The molecule has 2 heterocycles. The van der Waals surface area contributed by atoms with Gasteiger partial charge in [-0.1, -0.05) is 0 Å².